The lowest BCUT2D eigenvalue weighted by molar-refractivity contribution is -0.138. The number of carboxylic acids is 1. The minimum absolute atomic E-state index is 0.0947. The number of benzene rings is 1. The van der Waals surface area contributed by atoms with E-state index in [9.17, 15) is 20.0 Å². The molecular formula is C35H43N5O4. The molecule has 2 saturated carbocycles. The van der Waals surface area contributed by atoms with Gasteiger partial charge in [-0.15, -0.1) is 0 Å². The van der Waals surface area contributed by atoms with E-state index >= 15 is 0 Å². The van der Waals surface area contributed by atoms with E-state index in [-0.39, 0.29) is 30.2 Å². The van der Waals surface area contributed by atoms with Crippen LogP contribution in [0.2, 0.25) is 0 Å². The van der Waals surface area contributed by atoms with E-state index in [0.29, 0.717) is 48.4 Å². The number of nitrogens with zero attached hydrogens (tertiary/aromatic N) is 5. The molecule has 0 aliphatic heterocycles. The largest absolute Gasteiger partial charge is 0.495 e. The third-order valence-electron chi connectivity index (χ3n) is 9.51. The summed E-state index contributed by atoms with van der Waals surface area (Å²) in [4.78, 5) is 32.0. The number of hydrogen-bond donors (Lipinski definition) is 1. The highest BCUT2D eigenvalue weighted by molar-refractivity contribution is 5.94. The number of aromatic nitrogens is 3. The topological polar surface area (TPSA) is 121 Å². The fourth-order valence-electron chi connectivity index (χ4n) is 6.90. The van der Waals surface area contributed by atoms with Crippen molar-refractivity contribution in [3.63, 3.8) is 0 Å². The first kappa shape index (κ1) is 31.2. The Bertz CT molecular complexity index is 1490. The van der Waals surface area contributed by atoms with Gasteiger partial charge >= 0.3 is 5.97 Å². The van der Waals surface area contributed by atoms with Crippen LogP contribution in [0.15, 0.2) is 48.9 Å². The van der Waals surface area contributed by atoms with Crippen LogP contribution >= 0.6 is 0 Å². The maximum atomic E-state index is 14.2. The van der Waals surface area contributed by atoms with E-state index in [2.05, 4.69) is 31.1 Å². The molecule has 44 heavy (non-hydrogen) atoms. The zero-order valence-electron chi connectivity index (χ0n) is 26.0. The standard InChI is InChI=1S/C35H43N5O4/c1-23(2)40-22-31(20-38-40)29-14-15-37-33(18-29)39(35(43)27-10-4-24(5-11-27)16-34(41)42)21-25-6-8-26(9-7-25)28-12-13-32(44-3)30(17-28)19-36/h12-15,17-18,20,22-27H,4-11,16,21H2,1-3H3,(H,41,42)/t24-,25-,26-,27-. The molecule has 1 aromatic carbocycles. The van der Waals surface area contributed by atoms with Gasteiger partial charge in [-0.2, -0.15) is 10.4 Å². The molecule has 1 N–H and O–H groups in total. The van der Waals surface area contributed by atoms with Gasteiger partial charge in [-0.25, -0.2) is 4.98 Å². The monoisotopic (exact) mass is 597 g/mol. The van der Waals surface area contributed by atoms with Crippen molar-refractivity contribution < 1.29 is 19.4 Å². The zero-order valence-corrected chi connectivity index (χ0v) is 26.0. The van der Waals surface area contributed by atoms with Gasteiger partial charge in [-0.3, -0.25) is 19.2 Å². The molecule has 9 nitrogen and oxygen atoms in total. The molecule has 2 fully saturated rings. The van der Waals surface area contributed by atoms with Gasteiger partial charge in [-0.1, -0.05) is 6.07 Å². The quantitative estimate of drug-likeness (QED) is 0.267. The van der Waals surface area contributed by atoms with Crippen LogP contribution in [0.1, 0.15) is 94.7 Å². The lowest BCUT2D eigenvalue weighted by Crippen LogP contribution is -2.42. The van der Waals surface area contributed by atoms with E-state index in [1.165, 1.54) is 5.56 Å². The number of aliphatic carboxylic acids is 1. The summed E-state index contributed by atoms with van der Waals surface area (Å²) in [5.74, 6) is 1.30. The number of carbonyl (C=O) groups excluding carboxylic acids is 1. The van der Waals surface area contributed by atoms with Gasteiger partial charge in [0.1, 0.15) is 17.6 Å². The Labute approximate surface area is 259 Å². The summed E-state index contributed by atoms with van der Waals surface area (Å²) in [7, 11) is 1.58. The molecule has 2 aliphatic carbocycles. The van der Waals surface area contributed by atoms with Crippen molar-refractivity contribution in [2.75, 3.05) is 18.6 Å². The fraction of sp³-hybridized carbons (Fsp3) is 0.514. The Kier molecular flexibility index (Phi) is 9.99. The van der Waals surface area contributed by atoms with Gasteiger partial charge < -0.3 is 9.84 Å². The number of carbonyl (C=O) groups is 2. The van der Waals surface area contributed by atoms with Crippen LogP contribution < -0.4 is 9.64 Å². The average molecular weight is 598 g/mol. The highest BCUT2D eigenvalue weighted by atomic mass is 16.5. The number of pyridine rings is 1. The van der Waals surface area contributed by atoms with Crippen LogP contribution in [0, 0.1) is 29.1 Å². The van der Waals surface area contributed by atoms with Gasteiger partial charge in [0.15, 0.2) is 0 Å². The van der Waals surface area contributed by atoms with Crippen molar-refractivity contribution in [1.29, 1.82) is 5.26 Å². The Morgan fingerprint density at radius 2 is 1.77 bits per heavy atom. The summed E-state index contributed by atoms with van der Waals surface area (Å²) < 4.78 is 7.25. The molecule has 2 aliphatic rings. The van der Waals surface area contributed by atoms with Crippen LogP contribution in [-0.2, 0) is 9.59 Å². The molecule has 9 heteroatoms. The molecule has 2 aromatic heterocycles. The first-order valence-corrected chi connectivity index (χ1v) is 15.9. The zero-order chi connectivity index (χ0) is 31.2. The maximum Gasteiger partial charge on any atom is 0.303 e. The summed E-state index contributed by atoms with van der Waals surface area (Å²) in [5, 5.41) is 23.3. The number of amides is 1. The van der Waals surface area contributed by atoms with Crippen molar-refractivity contribution in [2.24, 2.45) is 17.8 Å². The Hall–Kier alpha value is -4.19. The Morgan fingerprint density at radius 1 is 1.05 bits per heavy atom. The van der Waals surface area contributed by atoms with Crippen molar-refractivity contribution >= 4 is 17.7 Å². The van der Waals surface area contributed by atoms with Gasteiger partial charge in [0.2, 0.25) is 5.91 Å². The normalized spacial score (nSPS) is 21.9. The van der Waals surface area contributed by atoms with Crippen LogP contribution in [0.25, 0.3) is 11.1 Å². The maximum absolute atomic E-state index is 14.2. The van der Waals surface area contributed by atoms with Crippen LogP contribution in [0.4, 0.5) is 5.82 Å². The summed E-state index contributed by atoms with van der Waals surface area (Å²) in [5.41, 5.74) is 3.69. The van der Waals surface area contributed by atoms with Crippen LogP contribution in [0.5, 0.6) is 5.75 Å². The third-order valence-corrected chi connectivity index (χ3v) is 9.51. The summed E-state index contributed by atoms with van der Waals surface area (Å²) >= 11 is 0. The Balaban J connectivity index is 1.33. The number of methoxy groups -OCH3 is 1. The lowest BCUT2D eigenvalue weighted by Gasteiger charge is -2.35. The number of carboxylic acid groups (broad SMARTS) is 1. The van der Waals surface area contributed by atoms with Crippen LogP contribution in [0.3, 0.4) is 0 Å². The minimum Gasteiger partial charge on any atom is -0.495 e. The number of ether oxygens (including phenoxy) is 1. The second-order valence-corrected chi connectivity index (χ2v) is 12.8. The second kappa shape index (κ2) is 14.1. The van der Waals surface area contributed by atoms with E-state index < -0.39 is 5.97 Å². The predicted octanol–water partition coefficient (Wildman–Crippen LogP) is 6.99. The first-order chi connectivity index (χ1) is 21.2. The summed E-state index contributed by atoms with van der Waals surface area (Å²) in [6.45, 7) is 4.78. The second-order valence-electron chi connectivity index (χ2n) is 12.8. The lowest BCUT2D eigenvalue weighted by atomic mass is 9.77. The summed E-state index contributed by atoms with van der Waals surface area (Å²) in [6, 6.07) is 12.4. The fourth-order valence-corrected chi connectivity index (χ4v) is 6.90. The molecule has 0 bridgehead atoms. The Morgan fingerprint density at radius 3 is 2.41 bits per heavy atom. The molecule has 232 valence electrons. The van der Waals surface area contributed by atoms with E-state index in [1.807, 2.05) is 46.2 Å². The van der Waals surface area contributed by atoms with Crippen LogP contribution in [-0.4, -0.2) is 45.4 Å². The van der Waals surface area contributed by atoms with Crippen molar-refractivity contribution in [1.82, 2.24) is 14.8 Å². The molecule has 0 radical (unpaired) electrons. The average Bonchev–Trinajstić information content (AvgIpc) is 3.55. The predicted molar refractivity (Wildman–Crippen MR) is 168 cm³/mol. The number of rotatable bonds is 10. The molecular weight excluding hydrogens is 554 g/mol. The number of anilines is 1. The smallest absolute Gasteiger partial charge is 0.303 e. The van der Waals surface area contributed by atoms with Gasteiger partial charge in [0, 0.05) is 42.9 Å². The van der Waals surface area contributed by atoms with Gasteiger partial charge in [0.25, 0.3) is 0 Å². The number of hydrogen-bond acceptors (Lipinski definition) is 6. The molecule has 5 rings (SSSR count). The van der Waals surface area contributed by atoms with E-state index in [1.54, 1.807) is 13.3 Å². The van der Waals surface area contributed by atoms with E-state index in [4.69, 9.17) is 9.72 Å². The van der Waals surface area contributed by atoms with Crippen molar-refractivity contribution in [3.05, 3.63) is 60.0 Å². The molecule has 0 saturated heterocycles. The summed E-state index contributed by atoms with van der Waals surface area (Å²) in [6.07, 6.45) is 12.7. The van der Waals surface area contributed by atoms with E-state index in [0.717, 1.165) is 49.7 Å². The molecule has 1 amide bonds. The first-order valence-electron chi connectivity index (χ1n) is 15.9. The van der Waals surface area contributed by atoms with Crippen molar-refractivity contribution in [3.8, 4) is 22.9 Å². The highest BCUT2D eigenvalue weighted by Crippen LogP contribution is 2.39. The highest BCUT2D eigenvalue weighted by Gasteiger charge is 2.34. The number of nitriles is 1. The van der Waals surface area contributed by atoms with Crippen molar-refractivity contribution in [2.45, 2.75) is 83.6 Å². The molecule has 0 atom stereocenters. The minimum atomic E-state index is -0.766. The molecule has 3 aromatic rings. The van der Waals surface area contributed by atoms with Gasteiger partial charge in [0.05, 0.1) is 18.9 Å². The SMILES string of the molecule is COc1ccc([C@H]2CC[C@H](CN(c3cc(-c4cnn(C(C)C)c4)ccn3)C(=O)[C@H]3CC[C@H](CC(=O)O)CC3)CC2)cc1C#N. The molecule has 0 spiro atoms. The molecule has 0 unspecified atom stereocenters. The third kappa shape index (κ3) is 7.29. The van der Waals surface area contributed by atoms with Gasteiger partial charge in [-0.05, 0) is 118 Å². The molecule has 2 heterocycles.